The van der Waals surface area contributed by atoms with E-state index in [0.717, 1.165) is 16.6 Å². The normalized spacial score (nSPS) is 10.6. The van der Waals surface area contributed by atoms with Crippen molar-refractivity contribution in [3.63, 3.8) is 0 Å². The van der Waals surface area contributed by atoms with Gasteiger partial charge in [-0.2, -0.15) is 0 Å². The highest BCUT2D eigenvalue weighted by Gasteiger charge is 2.09. The Balaban J connectivity index is 2.72. The number of ether oxygens (including phenoxy) is 1. The fourth-order valence-corrected chi connectivity index (χ4v) is 2.16. The maximum atomic E-state index is 11.9. The smallest absolute Gasteiger partial charge is 0.325 e. The van der Waals surface area contributed by atoms with Gasteiger partial charge in [0.25, 0.3) is 0 Å². The molecular formula is C14H15NO3. The van der Waals surface area contributed by atoms with Crippen molar-refractivity contribution in [2.24, 2.45) is 0 Å². The van der Waals surface area contributed by atoms with Gasteiger partial charge in [-0.25, -0.2) is 0 Å². The first kappa shape index (κ1) is 12.4. The van der Waals surface area contributed by atoms with Gasteiger partial charge >= 0.3 is 5.97 Å². The van der Waals surface area contributed by atoms with Gasteiger partial charge in [-0.1, -0.05) is 6.07 Å². The molecule has 2 rings (SSSR count). The Hall–Kier alpha value is -2.10. The molecular weight excluding hydrogens is 230 g/mol. The lowest BCUT2D eigenvalue weighted by Crippen LogP contribution is -2.15. The zero-order valence-electron chi connectivity index (χ0n) is 10.7. The second kappa shape index (κ2) is 4.64. The molecule has 0 aliphatic heterocycles. The average molecular weight is 245 g/mol. The summed E-state index contributed by atoms with van der Waals surface area (Å²) in [7, 11) is 1.35. The molecule has 0 N–H and O–H groups in total. The summed E-state index contributed by atoms with van der Waals surface area (Å²) >= 11 is 0. The van der Waals surface area contributed by atoms with Crippen LogP contribution in [0.5, 0.6) is 0 Å². The Kier molecular flexibility index (Phi) is 3.19. The van der Waals surface area contributed by atoms with Crippen LogP contribution in [0.4, 0.5) is 0 Å². The molecule has 18 heavy (non-hydrogen) atoms. The van der Waals surface area contributed by atoms with Crippen LogP contribution in [0, 0.1) is 13.8 Å². The fraction of sp³-hybridized carbons (Fsp3) is 0.286. The maximum absolute atomic E-state index is 11.9. The molecule has 1 heterocycles. The fourth-order valence-electron chi connectivity index (χ4n) is 2.16. The molecule has 0 saturated carbocycles. The SMILES string of the molecule is COC(=O)Cn1ccc(=O)c2c(C)cc(C)cc21. The molecule has 0 radical (unpaired) electrons. The van der Waals surface area contributed by atoms with E-state index in [1.807, 2.05) is 26.0 Å². The Morgan fingerprint density at radius 2 is 2.06 bits per heavy atom. The quantitative estimate of drug-likeness (QED) is 0.758. The molecule has 0 amide bonds. The van der Waals surface area contributed by atoms with Crippen LogP contribution in [0.2, 0.25) is 0 Å². The monoisotopic (exact) mass is 245 g/mol. The molecule has 0 bridgehead atoms. The topological polar surface area (TPSA) is 48.3 Å². The lowest BCUT2D eigenvalue weighted by atomic mass is 10.1. The molecule has 94 valence electrons. The first-order chi connectivity index (χ1) is 8.52. The van der Waals surface area contributed by atoms with E-state index in [4.69, 9.17) is 0 Å². The number of esters is 1. The molecule has 4 heteroatoms. The summed E-state index contributed by atoms with van der Waals surface area (Å²) in [6.45, 7) is 3.97. The zero-order valence-corrected chi connectivity index (χ0v) is 10.7. The molecule has 2 aromatic rings. The van der Waals surface area contributed by atoms with Crippen LogP contribution in [-0.2, 0) is 16.1 Å². The molecule has 1 aromatic heterocycles. The highest BCUT2D eigenvalue weighted by Crippen LogP contribution is 2.17. The van der Waals surface area contributed by atoms with Crippen molar-refractivity contribution >= 4 is 16.9 Å². The predicted molar refractivity (Wildman–Crippen MR) is 69.7 cm³/mol. The van der Waals surface area contributed by atoms with E-state index in [1.165, 1.54) is 13.2 Å². The Labute approximate surface area is 105 Å². The van der Waals surface area contributed by atoms with Crippen molar-refractivity contribution in [3.8, 4) is 0 Å². The number of carbonyl (C=O) groups excluding carboxylic acids is 1. The van der Waals surface area contributed by atoms with E-state index in [0.29, 0.717) is 5.39 Å². The molecule has 0 spiro atoms. The molecule has 0 atom stereocenters. The number of pyridine rings is 1. The summed E-state index contributed by atoms with van der Waals surface area (Å²) in [5.41, 5.74) is 2.73. The molecule has 0 fully saturated rings. The molecule has 0 unspecified atom stereocenters. The van der Waals surface area contributed by atoms with Crippen LogP contribution >= 0.6 is 0 Å². The van der Waals surface area contributed by atoms with E-state index in [9.17, 15) is 9.59 Å². The van der Waals surface area contributed by atoms with Crippen molar-refractivity contribution in [1.82, 2.24) is 4.57 Å². The highest BCUT2D eigenvalue weighted by molar-refractivity contribution is 5.84. The molecule has 4 nitrogen and oxygen atoms in total. The first-order valence-electron chi connectivity index (χ1n) is 5.70. The number of rotatable bonds is 2. The van der Waals surface area contributed by atoms with Gasteiger partial charge in [0.2, 0.25) is 0 Å². The van der Waals surface area contributed by atoms with Crippen molar-refractivity contribution in [2.75, 3.05) is 7.11 Å². The summed E-state index contributed by atoms with van der Waals surface area (Å²) in [6.07, 6.45) is 1.63. The van der Waals surface area contributed by atoms with Gasteiger partial charge in [0, 0.05) is 17.6 Å². The largest absolute Gasteiger partial charge is 0.468 e. The molecule has 1 aromatic carbocycles. The van der Waals surface area contributed by atoms with Crippen molar-refractivity contribution in [1.29, 1.82) is 0 Å². The third-order valence-electron chi connectivity index (χ3n) is 2.95. The number of aryl methyl sites for hydroxylation is 2. The molecule has 0 aliphatic carbocycles. The zero-order chi connectivity index (χ0) is 13.3. The van der Waals surface area contributed by atoms with Gasteiger partial charge in [0.15, 0.2) is 5.43 Å². The van der Waals surface area contributed by atoms with E-state index >= 15 is 0 Å². The van der Waals surface area contributed by atoms with Crippen LogP contribution in [0.3, 0.4) is 0 Å². The summed E-state index contributed by atoms with van der Waals surface area (Å²) in [5.74, 6) is -0.334. The van der Waals surface area contributed by atoms with E-state index in [1.54, 1.807) is 10.8 Å². The van der Waals surface area contributed by atoms with Crippen molar-refractivity contribution < 1.29 is 9.53 Å². The number of fused-ring (bicyclic) bond motifs is 1. The third kappa shape index (κ3) is 2.14. The van der Waals surface area contributed by atoms with Gasteiger partial charge in [-0.3, -0.25) is 9.59 Å². The van der Waals surface area contributed by atoms with Gasteiger partial charge < -0.3 is 9.30 Å². The minimum atomic E-state index is -0.334. The summed E-state index contributed by atoms with van der Waals surface area (Å²) < 4.78 is 6.39. The maximum Gasteiger partial charge on any atom is 0.325 e. The van der Waals surface area contributed by atoms with Gasteiger partial charge in [-0.15, -0.1) is 0 Å². The Morgan fingerprint density at radius 1 is 1.33 bits per heavy atom. The van der Waals surface area contributed by atoms with Crippen LogP contribution in [0.25, 0.3) is 10.9 Å². The molecule has 0 aliphatic rings. The van der Waals surface area contributed by atoms with E-state index < -0.39 is 0 Å². The second-order valence-corrected chi connectivity index (χ2v) is 4.36. The standard InChI is InChI=1S/C14H15NO3/c1-9-6-10(2)14-11(7-9)15(5-4-12(14)16)8-13(17)18-3/h4-7H,8H2,1-3H3. The number of aromatic nitrogens is 1. The van der Waals surface area contributed by atoms with Crippen LogP contribution in [0.15, 0.2) is 29.2 Å². The summed E-state index contributed by atoms with van der Waals surface area (Å²) in [4.78, 5) is 23.2. The number of methoxy groups -OCH3 is 1. The Morgan fingerprint density at radius 3 is 2.72 bits per heavy atom. The van der Waals surface area contributed by atoms with E-state index in [2.05, 4.69) is 4.74 Å². The lowest BCUT2D eigenvalue weighted by molar-refractivity contribution is -0.141. The number of hydrogen-bond donors (Lipinski definition) is 0. The molecule has 0 saturated heterocycles. The second-order valence-electron chi connectivity index (χ2n) is 4.36. The first-order valence-corrected chi connectivity index (χ1v) is 5.70. The van der Waals surface area contributed by atoms with Gasteiger partial charge in [0.05, 0.1) is 12.6 Å². The number of carbonyl (C=O) groups is 1. The summed E-state index contributed by atoms with van der Waals surface area (Å²) in [6, 6.07) is 5.35. The van der Waals surface area contributed by atoms with Gasteiger partial charge in [-0.05, 0) is 31.0 Å². The number of nitrogens with zero attached hydrogens (tertiary/aromatic N) is 1. The number of hydrogen-bond acceptors (Lipinski definition) is 3. The van der Waals surface area contributed by atoms with Crippen molar-refractivity contribution in [2.45, 2.75) is 20.4 Å². The third-order valence-corrected chi connectivity index (χ3v) is 2.95. The minimum absolute atomic E-state index is 0.0244. The average Bonchev–Trinajstić information content (AvgIpc) is 2.31. The van der Waals surface area contributed by atoms with Crippen molar-refractivity contribution in [3.05, 3.63) is 45.7 Å². The van der Waals surface area contributed by atoms with Gasteiger partial charge in [0.1, 0.15) is 6.54 Å². The Bertz CT molecular complexity index is 671. The van der Waals surface area contributed by atoms with Crippen LogP contribution in [-0.4, -0.2) is 17.6 Å². The number of benzene rings is 1. The van der Waals surface area contributed by atoms with E-state index in [-0.39, 0.29) is 17.9 Å². The van der Waals surface area contributed by atoms with Crippen LogP contribution in [0.1, 0.15) is 11.1 Å². The summed E-state index contributed by atoms with van der Waals surface area (Å²) in [5, 5.41) is 0.659. The minimum Gasteiger partial charge on any atom is -0.468 e. The lowest BCUT2D eigenvalue weighted by Gasteiger charge is -2.11. The van der Waals surface area contributed by atoms with Crippen LogP contribution < -0.4 is 5.43 Å². The predicted octanol–water partition coefficient (Wildman–Crippen LogP) is 1.79. The highest BCUT2D eigenvalue weighted by atomic mass is 16.5.